The number of likely N-dealkylation sites (tertiary alicyclic amines) is 1. The Morgan fingerprint density at radius 1 is 1.45 bits per heavy atom. The number of hydrogen-bond donors (Lipinski definition) is 1. The SMILES string of the molecule is CCCOc1ccc(Cl)cc1NCC1CCCN(C)C1. The van der Waals surface area contributed by atoms with Gasteiger partial charge in [0.15, 0.2) is 0 Å². The molecule has 0 spiro atoms. The Hall–Kier alpha value is -0.930. The topological polar surface area (TPSA) is 24.5 Å². The van der Waals surface area contributed by atoms with Gasteiger partial charge in [0.1, 0.15) is 5.75 Å². The van der Waals surface area contributed by atoms with E-state index in [1.165, 1.54) is 25.9 Å². The average molecular weight is 297 g/mol. The molecule has 1 unspecified atom stereocenters. The summed E-state index contributed by atoms with van der Waals surface area (Å²) in [5.41, 5.74) is 1.01. The van der Waals surface area contributed by atoms with Crippen molar-refractivity contribution < 1.29 is 4.74 Å². The summed E-state index contributed by atoms with van der Waals surface area (Å²) in [5, 5.41) is 4.26. The standard InChI is InChI=1S/C16H25ClN2O/c1-3-9-20-16-7-6-14(17)10-15(16)18-11-13-5-4-8-19(2)12-13/h6-7,10,13,18H,3-5,8-9,11-12H2,1-2H3. The van der Waals surface area contributed by atoms with Crippen molar-refractivity contribution in [1.29, 1.82) is 0 Å². The van der Waals surface area contributed by atoms with Crippen molar-refractivity contribution in [3.63, 3.8) is 0 Å². The monoisotopic (exact) mass is 296 g/mol. The number of rotatable bonds is 6. The lowest BCUT2D eigenvalue weighted by molar-refractivity contribution is 0.217. The summed E-state index contributed by atoms with van der Waals surface area (Å²) >= 11 is 6.09. The van der Waals surface area contributed by atoms with Gasteiger partial charge in [0.05, 0.1) is 12.3 Å². The molecule has 1 aliphatic heterocycles. The van der Waals surface area contributed by atoms with Gasteiger partial charge in [-0.1, -0.05) is 18.5 Å². The number of nitrogens with zero attached hydrogens (tertiary/aromatic N) is 1. The largest absolute Gasteiger partial charge is 0.491 e. The average Bonchev–Trinajstić information content (AvgIpc) is 2.44. The van der Waals surface area contributed by atoms with Crippen LogP contribution in [0.25, 0.3) is 0 Å². The first-order valence-corrected chi connectivity index (χ1v) is 7.91. The third kappa shape index (κ3) is 4.57. The second-order valence-corrected chi connectivity index (χ2v) is 6.08. The van der Waals surface area contributed by atoms with Gasteiger partial charge < -0.3 is 15.0 Å². The Kier molecular flexibility index (Phi) is 5.99. The fourth-order valence-corrected chi connectivity index (χ4v) is 2.84. The van der Waals surface area contributed by atoms with Gasteiger partial charge in [0, 0.05) is 18.1 Å². The predicted molar refractivity (Wildman–Crippen MR) is 85.9 cm³/mol. The van der Waals surface area contributed by atoms with E-state index in [0.717, 1.165) is 36.0 Å². The minimum atomic E-state index is 0.701. The molecule has 0 amide bonds. The van der Waals surface area contributed by atoms with E-state index in [9.17, 15) is 0 Å². The van der Waals surface area contributed by atoms with Gasteiger partial charge in [0.25, 0.3) is 0 Å². The molecular weight excluding hydrogens is 272 g/mol. The van der Waals surface area contributed by atoms with Crippen LogP contribution in [0.15, 0.2) is 18.2 Å². The highest BCUT2D eigenvalue weighted by Gasteiger charge is 2.17. The van der Waals surface area contributed by atoms with Crippen LogP contribution in [0.3, 0.4) is 0 Å². The number of ether oxygens (including phenoxy) is 1. The van der Waals surface area contributed by atoms with Crippen molar-refractivity contribution in [2.75, 3.05) is 38.6 Å². The maximum absolute atomic E-state index is 6.09. The molecule has 4 heteroatoms. The number of benzene rings is 1. The van der Waals surface area contributed by atoms with Gasteiger partial charge in [0.2, 0.25) is 0 Å². The Morgan fingerprint density at radius 2 is 2.30 bits per heavy atom. The Balaban J connectivity index is 1.94. The quantitative estimate of drug-likeness (QED) is 0.862. The van der Waals surface area contributed by atoms with Crippen molar-refractivity contribution in [3.05, 3.63) is 23.2 Å². The van der Waals surface area contributed by atoms with Crippen molar-refractivity contribution in [2.45, 2.75) is 26.2 Å². The predicted octanol–water partition coefficient (Wildman–Crippen LogP) is 3.88. The normalized spacial score (nSPS) is 19.9. The molecule has 1 aromatic rings. The second-order valence-electron chi connectivity index (χ2n) is 5.64. The molecule has 1 aromatic carbocycles. The fraction of sp³-hybridized carbons (Fsp3) is 0.625. The van der Waals surface area contributed by atoms with Crippen molar-refractivity contribution in [3.8, 4) is 5.75 Å². The molecule has 1 heterocycles. The maximum Gasteiger partial charge on any atom is 0.142 e. The lowest BCUT2D eigenvalue weighted by Crippen LogP contribution is -2.35. The van der Waals surface area contributed by atoms with Crippen LogP contribution in [0.4, 0.5) is 5.69 Å². The van der Waals surface area contributed by atoms with E-state index in [1.54, 1.807) is 0 Å². The van der Waals surface area contributed by atoms with Crippen molar-refractivity contribution in [1.82, 2.24) is 4.90 Å². The molecular formula is C16H25ClN2O. The molecule has 0 radical (unpaired) electrons. The number of piperidine rings is 1. The van der Waals surface area contributed by atoms with Crippen LogP contribution < -0.4 is 10.1 Å². The first-order chi connectivity index (χ1) is 9.69. The third-order valence-corrected chi connectivity index (χ3v) is 3.94. The molecule has 0 saturated carbocycles. The van der Waals surface area contributed by atoms with Crippen LogP contribution in [-0.4, -0.2) is 38.2 Å². The van der Waals surface area contributed by atoms with Gasteiger partial charge in [-0.15, -0.1) is 0 Å². The van der Waals surface area contributed by atoms with Gasteiger partial charge in [-0.2, -0.15) is 0 Å². The zero-order valence-corrected chi connectivity index (χ0v) is 13.2. The Bertz CT molecular complexity index is 425. The van der Waals surface area contributed by atoms with E-state index in [1.807, 2.05) is 18.2 Å². The molecule has 1 fully saturated rings. The zero-order chi connectivity index (χ0) is 14.4. The van der Waals surface area contributed by atoms with Gasteiger partial charge in [-0.25, -0.2) is 0 Å². The maximum atomic E-state index is 6.09. The summed E-state index contributed by atoms with van der Waals surface area (Å²) in [6.07, 6.45) is 3.59. The molecule has 0 bridgehead atoms. The van der Waals surface area contributed by atoms with Gasteiger partial charge in [-0.3, -0.25) is 0 Å². The molecule has 1 saturated heterocycles. The van der Waals surface area contributed by atoms with Crippen LogP contribution in [0.2, 0.25) is 5.02 Å². The summed E-state index contributed by atoms with van der Waals surface area (Å²) in [6, 6.07) is 5.79. The van der Waals surface area contributed by atoms with Crippen LogP contribution in [0, 0.1) is 5.92 Å². The molecule has 1 atom stereocenters. The summed E-state index contributed by atoms with van der Waals surface area (Å²) in [7, 11) is 2.20. The van der Waals surface area contributed by atoms with Crippen LogP contribution in [-0.2, 0) is 0 Å². The molecule has 0 aromatic heterocycles. The zero-order valence-electron chi connectivity index (χ0n) is 12.5. The second kappa shape index (κ2) is 7.75. The summed E-state index contributed by atoms with van der Waals surface area (Å²) < 4.78 is 5.77. The summed E-state index contributed by atoms with van der Waals surface area (Å²) in [6.45, 7) is 6.22. The van der Waals surface area contributed by atoms with Gasteiger partial charge >= 0.3 is 0 Å². The molecule has 2 rings (SSSR count). The van der Waals surface area contributed by atoms with E-state index >= 15 is 0 Å². The van der Waals surface area contributed by atoms with Crippen LogP contribution >= 0.6 is 11.6 Å². The first kappa shape index (κ1) is 15.5. The number of anilines is 1. The van der Waals surface area contributed by atoms with Gasteiger partial charge in [-0.05, 0) is 57.0 Å². The van der Waals surface area contributed by atoms with E-state index in [4.69, 9.17) is 16.3 Å². The molecule has 0 aliphatic carbocycles. The van der Waals surface area contributed by atoms with Crippen LogP contribution in [0.5, 0.6) is 5.75 Å². The molecule has 1 aliphatic rings. The van der Waals surface area contributed by atoms with Crippen molar-refractivity contribution >= 4 is 17.3 Å². The minimum Gasteiger partial charge on any atom is -0.491 e. The number of halogens is 1. The smallest absolute Gasteiger partial charge is 0.142 e. The van der Waals surface area contributed by atoms with E-state index in [0.29, 0.717) is 5.92 Å². The molecule has 1 N–H and O–H groups in total. The molecule has 112 valence electrons. The Labute approximate surface area is 127 Å². The lowest BCUT2D eigenvalue weighted by atomic mass is 9.98. The highest BCUT2D eigenvalue weighted by Crippen LogP contribution is 2.29. The van der Waals surface area contributed by atoms with Crippen molar-refractivity contribution in [2.24, 2.45) is 5.92 Å². The lowest BCUT2D eigenvalue weighted by Gasteiger charge is -2.30. The summed E-state index contributed by atoms with van der Waals surface area (Å²) in [5.74, 6) is 1.60. The number of nitrogens with one attached hydrogen (secondary N) is 1. The van der Waals surface area contributed by atoms with E-state index in [2.05, 4.69) is 24.2 Å². The van der Waals surface area contributed by atoms with Crippen LogP contribution in [0.1, 0.15) is 26.2 Å². The van der Waals surface area contributed by atoms with E-state index in [-0.39, 0.29) is 0 Å². The third-order valence-electron chi connectivity index (χ3n) is 3.71. The highest BCUT2D eigenvalue weighted by atomic mass is 35.5. The highest BCUT2D eigenvalue weighted by molar-refractivity contribution is 6.30. The minimum absolute atomic E-state index is 0.701. The molecule has 20 heavy (non-hydrogen) atoms. The van der Waals surface area contributed by atoms with E-state index < -0.39 is 0 Å². The summed E-state index contributed by atoms with van der Waals surface area (Å²) in [4.78, 5) is 2.41. The Morgan fingerprint density at radius 3 is 3.05 bits per heavy atom. The first-order valence-electron chi connectivity index (χ1n) is 7.53. The number of hydrogen-bond acceptors (Lipinski definition) is 3. The fourth-order valence-electron chi connectivity index (χ4n) is 2.67. The molecule has 3 nitrogen and oxygen atoms in total.